The zero-order valence-corrected chi connectivity index (χ0v) is 19.6. The molecule has 0 saturated carbocycles. The molecule has 176 valence electrons. The molecule has 11 heteroatoms. The molecular weight excluding hydrogens is 440 g/mol. The van der Waals surface area contributed by atoms with E-state index in [2.05, 4.69) is 29.7 Å². The highest BCUT2D eigenvalue weighted by molar-refractivity contribution is 7.99. The van der Waals surface area contributed by atoms with Gasteiger partial charge < -0.3 is 19.6 Å². The maximum absolute atomic E-state index is 12.5. The SMILES string of the molecule is O=C(CCSCCC(=O)N1CCN(c2ncccn2)CC1)N1CCN(c2ncccn2)CC1. The van der Waals surface area contributed by atoms with Crippen LogP contribution in [-0.2, 0) is 9.59 Å². The molecular formula is C22H30N8O2S. The van der Waals surface area contributed by atoms with E-state index in [4.69, 9.17) is 0 Å². The number of amides is 2. The van der Waals surface area contributed by atoms with Gasteiger partial charge in [-0.2, -0.15) is 11.8 Å². The lowest BCUT2D eigenvalue weighted by Gasteiger charge is -2.35. The minimum absolute atomic E-state index is 0.182. The number of carbonyl (C=O) groups is 2. The molecule has 0 aliphatic carbocycles. The summed E-state index contributed by atoms with van der Waals surface area (Å²) >= 11 is 1.68. The lowest BCUT2D eigenvalue weighted by Crippen LogP contribution is -2.49. The van der Waals surface area contributed by atoms with Crippen LogP contribution >= 0.6 is 11.8 Å². The van der Waals surface area contributed by atoms with Gasteiger partial charge in [0.1, 0.15) is 0 Å². The van der Waals surface area contributed by atoms with Gasteiger partial charge in [0.05, 0.1) is 0 Å². The number of rotatable bonds is 8. The summed E-state index contributed by atoms with van der Waals surface area (Å²) in [6.07, 6.45) is 7.97. The van der Waals surface area contributed by atoms with Crippen molar-refractivity contribution in [1.29, 1.82) is 0 Å². The van der Waals surface area contributed by atoms with Crippen LogP contribution in [0.4, 0.5) is 11.9 Å². The number of nitrogens with zero attached hydrogens (tertiary/aromatic N) is 8. The molecule has 2 aromatic rings. The summed E-state index contributed by atoms with van der Waals surface area (Å²) in [7, 11) is 0. The number of hydrogen-bond acceptors (Lipinski definition) is 9. The molecule has 0 bridgehead atoms. The van der Waals surface area contributed by atoms with Gasteiger partial charge >= 0.3 is 0 Å². The third-order valence-corrected chi connectivity index (χ3v) is 6.84. The summed E-state index contributed by atoms with van der Waals surface area (Å²) in [4.78, 5) is 50.2. The minimum atomic E-state index is 0.182. The van der Waals surface area contributed by atoms with E-state index in [1.807, 2.05) is 9.80 Å². The molecule has 2 aliphatic heterocycles. The van der Waals surface area contributed by atoms with Crippen LogP contribution in [-0.4, -0.2) is 105 Å². The summed E-state index contributed by atoms with van der Waals surface area (Å²) in [5.74, 6) is 3.29. The van der Waals surface area contributed by atoms with Gasteiger partial charge in [-0.15, -0.1) is 0 Å². The Morgan fingerprint density at radius 3 is 1.36 bits per heavy atom. The Hall–Kier alpha value is -2.95. The molecule has 33 heavy (non-hydrogen) atoms. The summed E-state index contributed by atoms with van der Waals surface area (Å²) in [6.45, 7) is 5.78. The van der Waals surface area contributed by atoms with E-state index in [9.17, 15) is 9.59 Å². The number of carbonyl (C=O) groups excluding carboxylic acids is 2. The van der Waals surface area contributed by atoms with Gasteiger partial charge in [-0.3, -0.25) is 9.59 Å². The molecule has 2 aliphatic rings. The lowest BCUT2D eigenvalue weighted by atomic mass is 10.3. The Morgan fingerprint density at radius 2 is 1.00 bits per heavy atom. The summed E-state index contributed by atoms with van der Waals surface area (Å²) in [5, 5.41) is 0. The Bertz CT molecular complexity index is 814. The fraction of sp³-hybridized carbons (Fsp3) is 0.545. The van der Waals surface area contributed by atoms with Crippen LogP contribution in [0.15, 0.2) is 36.9 Å². The second kappa shape index (κ2) is 11.8. The van der Waals surface area contributed by atoms with Crippen LogP contribution in [0.2, 0.25) is 0 Å². The Labute approximate surface area is 198 Å². The van der Waals surface area contributed by atoms with Crippen molar-refractivity contribution in [2.75, 3.05) is 73.7 Å². The number of anilines is 2. The first-order chi connectivity index (χ1) is 16.2. The largest absolute Gasteiger partial charge is 0.339 e. The molecule has 2 saturated heterocycles. The molecule has 0 unspecified atom stereocenters. The first kappa shape index (κ1) is 23.2. The van der Waals surface area contributed by atoms with E-state index < -0.39 is 0 Å². The summed E-state index contributed by atoms with van der Waals surface area (Å²) in [6, 6.07) is 3.60. The maximum atomic E-state index is 12.5. The number of hydrogen-bond donors (Lipinski definition) is 0. The van der Waals surface area contributed by atoms with Crippen molar-refractivity contribution in [3.8, 4) is 0 Å². The molecule has 4 heterocycles. The lowest BCUT2D eigenvalue weighted by molar-refractivity contribution is -0.131. The van der Waals surface area contributed by atoms with Gasteiger partial charge in [-0.05, 0) is 12.1 Å². The van der Waals surface area contributed by atoms with Gasteiger partial charge in [0, 0.05) is 101 Å². The zero-order chi connectivity index (χ0) is 22.9. The molecule has 0 atom stereocenters. The topological polar surface area (TPSA) is 98.7 Å². The molecule has 2 aromatic heterocycles. The molecule has 0 spiro atoms. The molecule has 0 aromatic carbocycles. The second-order valence-electron chi connectivity index (χ2n) is 7.95. The molecule has 0 radical (unpaired) electrons. The number of thioether (sulfide) groups is 1. The first-order valence-electron chi connectivity index (χ1n) is 11.4. The van der Waals surface area contributed by atoms with Crippen molar-refractivity contribution in [3.05, 3.63) is 36.9 Å². The highest BCUT2D eigenvalue weighted by atomic mass is 32.2. The van der Waals surface area contributed by atoms with Crippen LogP contribution in [0.1, 0.15) is 12.8 Å². The molecule has 10 nitrogen and oxygen atoms in total. The Kier molecular flexibility index (Phi) is 8.29. The van der Waals surface area contributed by atoms with Gasteiger partial charge in [-0.25, -0.2) is 19.9 Å². The second-order valence-corrected chi connectivity index (χ2v) is 9.17. The van der Waals surface area contributed by atoms with E-state index in [1.54, 1.807) is 48.7 Å². The molecule has 0 N–H and O–H groups in total. The predicted octanol–water partition coefficient (Wildman–Crippen LogP) is 0.777. The van der Waals surface area contributed by atoms with Crippen LogP contribution in [0.25, 0.3) is 0 Å². The normalized spacial score (nSPS) is 16.7. The highest BCUT2D eigenvalue weighted by Crippen LogP contribution is 2.14. The standard InChI is InChI=1S/C22H30N8O2S/c31-19(27-9-13-29(14-10-27)21-23-5-1-6-24-21)3-17-33-18-4-20(32)28-11-15-30(16-12-28)22-25-7-2-8-26-22/h1-2,5-8H,3-4,9-18H2. The highest BCUT2D eigenvalue weighted by Gasteiger charge is 2.23. The minimum Gasteiger partial charge on any atom is -0.339 e. The van der Waals surface area contributed by atoms with Crippen LogP contribution in [0, 0.1) is 0 Å². The molecule has 2 amide bonds. The first-order valence-corrected chi connectivity index (χ1v) is 12.5. The fourth-order valence-corrected chi connectivity index (χ4v) is 4.80. The van der Waals surface area contributed by atoms with Crippen LogP contribution in [0.3, 0.4) is 0 Å². The zero-order valence-electron chi connectivity index (χ0n) is 18.8. The van der Waals surface area contributed by atoms with Gasteiger partial charge in [0.25, 0.3) is 0 Å². The average molecular weight is 471 g/mol. The summed E-state index contributed by atoms with van der Waals surface area (Å²) < 4.78 is 0. The Morgan fingerprint density at radius 1 is 0.636 bits per heavy atom. The van der Waals surface area contributed by atoms with Crippen LogP contribution in [0.5, 0.6) is 0 Å². The number of piperazine rings is 2. The van der Waals surface area contributed by atoms with Gasteiger partial charge in [0.2, 0.25) is 23.7 Å². The van der Waals surface area contributed by atoms with Crippen LogP contribution < -0.4 is 9.80 Å². The molecule has 2 fully saturated rings. The maximum Gasteiger partial charge on any atom is 0.225 e. The smallest absolute Gasteiger partial charge is 0.225 e. The van der Waals surface area contributed by atoms with Crippen molar-refractivity contribution < 1.29 is 9.59 Å². The third-order valence-electron chi connectivity index (χ3n) is 5.86. The number of aromatic nitrogens is 4. The third kappa shape index (κ3) is 6.53. The molecule has 4 rings (SSSR count). The monoisotopic (exact) mass is 470 g/mol. The van der Waals surface area contributed by atoms with E-state index in [-0.39, 0.29) is 11.8 Å². The van der Waals surface area contributed by atoms with E-state index >= 15 is 0 Å². The van der Waals surface area contributed by atoms with Gasteiger partial charge in [-0.1, -0.05) is 0 Å². The summed E-state index contributed by atoms with van der Waals surface area (Å²) in [5.41, 5.74) is 0. The Balaban J connectivity index is 1.07. The fourth-order valence-electron chi connectivity index (χ4n) is 3.96. The van der Waals surface area contributed by atoms with Gasteiger partial charge in [0.15, 0.2) is 0 Å². The van der Waals surface area contributed by atoms with Crippen molar-refractivity contribution in [2.45, 2.75) is 12.8 Å². The van der Waals surface area contributed by atoms with Crippen molar-refractivity contribution in [1.82, 2.24) is 29.7 Å². The van der Waals surface area contributed by atoms with E-state index in [0.717, 1.165) is 49.6 Å². The van der Waals surface area contributed by atoms with E-state index in [0.29, 0.717) is 39.0 Å². The average Bonchev–Trinajstić information content (AvgIpc) is 2.89. The van der Waals surface area contributed by atoms with E-state index in [1.165, 1.54) is 0 Å². The van der Waals surface area contributed by atoms with Crippen molar-refractivity contribution >= 4 is 35.5 Å². The van der Waals surface area contributed by atoms with Crippen molar-refractivity contribution in [2.24, 2.45) is 0 Å². The van der Waals surface area contributed by atoms with Crippen molar-refractivity contribution in [3.63, 3.8) is 0 Å². The quantitative estimate of drug-likeness (QED) is 0.518. The predicted molar refractivity (Wildman–Crippen MR) is 128 cm³/mol.